The predicted molar refractivity (Wildman–Crippen MR) is 138 cm³/mol. The van der Waals surface area contributed by atoms with Crippen molar-refractivity contribution in [2.75, 3.05) is 23.3 Å². The summed E-state index contributed by atoms with van der Waals surface area (Å²) in [6, 6.07) is 12.8. The second-order valence-corrected chi connectivity index (χ2v) is 10.3. The van der Waals surface area contributed by atoms with Crippen LogP contribution in [0.4, 0.5) is 11.5 Å². The number of aliphatic hydroxyl groups is 1. The van der Waals surface area contributed by atoms with E-state index in [1.54, 1.807) is 24.3 Å². The van der Waals surface area contributed by atoms with Crippen LogP contribution >= 0.6 is 0 Å². The highest BCUT2D eigenvalue weighted by Gasteiger charge is 2.41. The number of para-hydroxylation sites is 1. The SMILES string of the molecule is Cc1cc([C@@H](C)Nc2ccccc2C(=O)O)c2nc(N3CCC4(CCC(O)C4)CC3)c(C#N)nc2c1. The van der Waals surface area contributed by atoms with Crippen LogP contribution in [0, 0.1) is 23.7 Å². The van der Waals surface area contributed by atoms with Gasteiger partial charge in [0.2, 0.25) is 0 Å². The molecule has 1 saturated carbocycles. The van der Waals surface area contributed by atoms with Gasteiger partial charge < -0.3 is 20.4 Å². The molecule has 3 aromatic rings. The normalized spacial score (nSPS) is 19.8. The Balaban J connectivity index is 1.50. The molecule has 2 aromatic carbocycles. The van der Waals surface area contributed by atoms with Crippen molar-refractivity contribution in [3.63, 3.8) is 0 Å². The Morgan fingerprint density at radius 1 is 1.22 bits per heavy atom. The summed E-state index contributed by atoms with van der Waals surface area (Å²) < 4.78 is 0. The lowest BCUT2D eigenvalue weighted by Gasteiger charge is -2.40. The minimum atomic E-state index is -0.988. The third-order valence-electron chi connectivity index (χ3n) is 7.83. The number of piperidine rings is 1. The lowest BCUT2D eigenvalue weighted by Crippen LogP contribution is -2.40. The summed E-state index contributed by atoms with van der Waals surface area (Å²) in [6.45, 7) is 5.51. The van der Waals surface area contributed by atoms with Crippen LogP contribution < -0.4 is 10.2 Å². The first-order valence-electron chi connectivity index (χ1n) is 12.5. The Bertz CT molecular complexity index is 1360. The van der Waals surface area contributed by atoms with Crippen molar-refractivity contribution in [1.82, 2.24) is 9.97 Å². The van der Waals surface area contributed by atoms with Crippen LogP contribution in [0.1, 0.15) is 72.2 Å². The molecule has 0 bridgehead atoms. The lowest BCUT2D eigenvalue weighted by atomic mass is 9.77. The minimum absolute atomic E-state index is 0.197. The summed E-state index contributed by atoms with van der Waals surface area (Å²) in [7, 11) is 0. The number of aromatic nitrogens is 2. The van der Waals surface area contributed by atoms with E-state index in [4.69, 9.17) is 9.97 Å². The molecule has 1 aliphatic carbocycles. The first-order valence-corrected chi connectivity index (χ1v) is 12.5. The third kappa shape index (κ3) is 4.47. The summed E-state index contributed by atoms with van der Waals surface area (Å²) in [5, 5.41) is 32.9. The molecule has 1 saturated heterocycles. The highest BCUT2D eigenvalue weighted by Crippen LogP contribution is 2.47. The number of aliphatic hydroxyl groups excluding tert-OH is 1. The standard InChI is InChI=1S/C28H31N5O3/c1-17-13-21(18(2)30-22-6-4-3-5-20(22)27(35)36)25-23(14-17)31-24(16-29)26(32-25)33-11-9-28(10-12-33)8-7-19(34)15-28/h3-6,13-14,18-19,30,34H,7-12,15H2,1-2H3,(H,35,36)/t18-,19?/m1/s1. The van der Waals surface area contributed by atoms with Crippen molar-refractivity contribution < 1.29 is 15.0 Å². The molecule has 2 atom stereocenters. The minimum Gasteiger partial charge on any atom is -0.478 e. The van der Waals surface area contributed by atoms with Gasteiger partial charge in [-0.2, -0.15) is 5.26 Å². The fourth-order valence-corrected chi connectivity index (χ4v) is 5.88. The zero-order valence-corrected chi connectivity index (χ0v) is 20.7. The van der Waals surface area contributed by atoms with Gasteiger partial charge >= 0.3 is 5.97 Å². The van der Waals surface area contributed by atoms with Gasteiger partial charge in [0.05, 0.1) is 28.7 Å². The number of aryl methyl sites for hydroxylation is 1. The van der Waals surface area contributed by atoms with Crippen molar-refractivity contribution in [2.24, 2.45) is 5.41 Å². The molecule has 1 aliphatic heterocycles. The number of carboxylic acid groups (broad SMARTS) is 1. The van der Waals surface area contributed by atoms with Gasteiger partial charge in [-0.05, 0) is 75.1 Å². The first kappa shape index (κ1) is 24.0. The van der Waals surface area contributed by atoms with E-state index in [1.807, 2.05) is 26.0 Å². The Morgan fingerprint density at radius 2 is 1.97 bits per heavy atom. The lowest BCUT2D eigenvalue weighted by molar-refractivity contribution is 0.0698. The molecule has 8 heteroatoms. The molecule has 2 aliphatic rings. The van der Waals surface area contributed by atoms with Gasteiger partial charge in [0.15, 0.2) is 11.5 Å². The number of nitrogens with zero attached hydrogens (tertiary/aromatic N) is 4. The largest absolute Gasteiger partial charge is 0.478 e. The van der Waals surface area contributed by atoms with Crippen LogP contribution in [0.3, 0.4) is 0 Å². The Morgan fingerprint density at radius 3 is 2.64 bits per heavy atom. The summed E-state index contributed by atoms with van der Waals surface area (Å²) in [5.41, 5.74) is 4.51. The molecule has 1 spiro atoms. The Labute approximate surface area is 210 Å². The van der Waals surface area contributed by atoms with Crippen molar-refractivity contribution in [2.45, 2.75) is 58.1 Å². The number of nitriles is 1. The number of nitrogens with one attached hydrogen (secondary N) is 1. The third-order valence-corrected chi connectivity index (χ3v) is 7.83. The van der Waals surface area contributed by atoms with E-state index < -0.39 is 5.97 Å². The molecule has 186 valence electrons. The summed E-state index contributed by atoms with van der Waals surface area (Å²) >= 11 is 0. The Kier molecular flexibility index (Phi) is 6.27. The van der Waals surface area contributed by atoms with Crippen LogP contribution in [0.25, 0.3) is 11.0 Å². The van der Waals surface area contributed by atoms with Crippen LogP contribution in [0.15, 0.2) is 36.4 Å². The number of hydrogen-bond donors (Lipinski definition) is 3. The molecular formula is C28H31N5O3. The van der Waals surface area contributed by atoms with E-state index in [2.05, 4.69) is 16.3 Å². The average Bonchev–Trinajstić information content (AvgIpc) is 3.23. The number of fused-ring (bicyclic) bond motifs is 1. The molecule has 0 amide bonds. The van der Waals surface area contributed by atoms with Gasteiger partial charge in [-0.25, -0.2) is 14.8 Å². The number of rotatable bonds is 5. The molecule has 1 aromatic heterocycles. The fraction of sp³-hybridized carbons (Fsp3) is 0.429. The molecule has 1 unspecified atom stereocenters. The van der Waals surface area contributed by atoms with Gasteiger partial charge in [-0.3, -0.25) is 0 Å². The maximum Gasteiger partial charge on any atom is 0.337 e. The molecule has 8 nitrogen and oxygen atoms in total. The van der Waals surface area contributed by atoms with Gasteiger partial charge in [0, 0.05) is 24.3 Å². The second kappa shape index (κ2) is 9.40. The first-order chi connectivity index (χ1) is 17.3. The smallest absolute Gasteiger partial charge is 0.337 e. The van der Waals surface area contributed by atoms with E-state index in [0.29, 0.717) is 28.2 Å². The van der Waals surface area contributed by atoms with Crippen molar-refractivity contribution >= 4 is 28.5 Å². The monoisotopic (exact) mass is 485 g/mol. The molecule has 2 fully saturated rings. The van der Waals surface area contributed by atoms with Crippen LogP contribution in [-0.2, 0) is 0 Å². The van der Waals surface area contributed by atoms with Crippen LogP contribution in [0.5, 0.6) is 0 Å². The maximum atomic E-state index is 11.7. The quantitative estimate of drug-likeness (QED) is 0.470. The van der Waals surface area contributed by atoms with E-state index in [-0.39, 0.29) is 23.1 Å². The number of aromatic carboxylic acids is 1. The highest BCUT2D eigenvalue weighted by atomic mass is 16.4. The van der Waals surface area contributed by atoms with E-state index in [9.17, 15) is 20.3 Å². The average molecular weight is 486 g/mol. The molecule has 0 radical (unpaired) electrons. The molecule has 2 heterocycles. The Hall–Kier alpha value is -3.70. The van der Waals surface area contributed by atoms with Crippen molar-refractivity contribution in [3.05, 3.63) is 58.8 Å². The van der Waals surface area contributed by atoms with Gasteiger partial charge in [0.25, 0.3) is 0 Å². The number of carboxylic acids is 1. The van der Waals surface area contributed by atoms with Crippen LogP contribution in [-0.4, -0.2) is 45.3 Å². The number of carbonyl (C=O) groups is 1. The van der Waals surface area contributed by atoms with Gasteiger partial charge in [-0.15, -0.1) is 0 Å². The molecule has 3 N–H and O–H groups in total. The molecule has 5 rings (SSSR count). The van der Waals surface area contributed by atoms with Gasteiger partial charge in [-0.1, -0.05) is 18.2 Å². The maximum absolute atomic E-state index is 11.7. The van der Waals surface area contributed by atoms with Crippen molar-refractivity contribution in [1.29, 1.82) is 5.26 Å². The zero-order chi connectivity index (χ0) is 25.4. The van der Waals surface area contributed by atoms with E-state index in [1.165, 1.54) is 0 Å². The van der Waals surface area contributed by atoms with Crippen LogP contribution in [0.2, 0.25) is 0 Å². The topological polar surface area (TPSA) is 122 Å². The number of hydrogen-bond acceptors (Lipinski definition) is 7. The highest BCUT2D eigenvalue weighted by molar-refractivity contribution is 5.94. The summed E-state index contributed by atoms with van der Waals surface area (Å²) in [6.07, 6.45) is 4.54. The van der Waals surface area contributed by atoms with E-state index >= 15 is 0 Å². The number of benzene rings is 2. The number of anilines is 2. The molecule has 36 heavy (non-hydrogen) atoms. The predicted octanol–water partition coefficient (Wildman–Crippen LogP) is 4.81. The fourth-order valence-electron chi connectivity index (χ4n) is 5.88. The summed E-state index contributed by atoms with van der Waals surface area (Å²) in [5.74, 6) is -0.389. The second-order valence-electron chi connectivity index (χ2n) is 10.3. The zero-order valence-electron chi connectivity index (χ0n) is 20.7. The molecular weight excluding hydrogens is 454 g/mol. The van der Waals surface area contributed by atoms with Gasteiger partial charge in [0.1, 0.15) is 6.07 Å². The van der Waals surface area contributed by atoms with E-state index in [0.717, 1.165) is 56.3 Å². The van der Waals surface area contributed by atoms with Crippen molar-refractivity contribution in [3.8, 4) is 6.07 Å². The summed E-state index contributed by atoms with van der Waals surface area (Å²) in [4.78, 5) is 23.5.